The minimum atomic E-state index is -3.68. The Morgan fingerprint density at radius 2 is 1.79 bits per heavy atom. The topological polar surface area (TPSA) is 84.9 Å². The van der Waals surface area contributed by atoms with Crippen molar-refractivity contribution in [3.63, 3.8) is 0 Å². The number of anilines is 1. The number of nitrogens with one attached hydrogen (secondary N) is 1. The van der Waals surface area contributed by atoms with Crippen LogP contribution in [0.4, 0.5) is 5.69 Å². The average Bonchev–Trinajstić information content (AvgIpc) is 2.66. The Morgan fingerprint density at radius 1 is 1.14 bits per heavy atom. The van der Waals surface area contributed by atoms with Crippen LogP contribution < -0.4 is 19.1 Å². The second-order valence-corrected chi connectivity index (χ2v) is 8.14. The lowest BCUT2D eigenvalue weighted by atomic mass is 10.1. The summed E-state index contributed by atoms with van der Waals surface area (Å²) in [5.74, 6) is 0.710. The van der Waals surface area contributed by atoms with Gasteiger partial charge in [-0.1, -0.05) is 24.3 Å². The summed E-state index contributed by atoms with van der Waals surface area (Å²) in [5, 5.41) is 2.83. The van der Waals surface area contributed by atoms with Gasteiger partial charge in [-0.25, -0.2) is 8.42 Å². The maximum Gasteiger partial charge on any atom is 0.241 e. The number of rotatable bonds is 9. The molecule has 1 atom stereocenters. The van der Waals surface area contributed by atoms with Crippen molar-refractivity contribution in [2.45, 2.75) is 19.9 Å². The summed E-state index contributed by atoms with van der Waals surface area (Å²) in [6.07, 6.45) is 1.06. The third kappa shape index (κ3) is 5.63. The SMILES string of the molecule is CCOc1ccc(C(C)NC(=O)CN(c2ccccc2OC)S(C)(=O)=O)cc1. The summed E-state index contributed by atoms with van der Waals surface area (Å²) in [7, 11) is -2.23. The van der Waals surface area contributed by atoms with Gasteiger partial charge < -0.3 is 14.8 Å². The van der Waals surface area contributed by atoms with Gasteiger partial charge in [-0.2, -0.15) is 0 Å². The largest absolute Gasteiger partial charge is 0.495 e. The van der Waals surface area contributed by atoms with Crippen molar-refractivity contribution in [2.75, 3.05) is 30.8 Å². The molecule has 2 aromatic rings. The molecule has 28 heavy (non-hydrogen) atoms. The molecule has 152 valence electrons. The van der Waals surface area contributed by atoms with E-state index >= 15 is 0 Å². The number of hydrogen-bond donors (Lipinski definition) is 1. The summed E-state index contributed by atoms with van der Waals surface area (Å²) in [6.45, 7) is 3.98. The van der Waals surface area contributed by atoms with Crippen LogP contribution in [-0.2, 0) is 14.8 Å². The van der Waals surface area contributed by atoms with E-state index in [1.165, 1.54) is 7.11 Å². The lowest BCUT2D eigenvalue weighted by molar-refractivity contribution is -0.120. The zero-order chi connectivity index (χ0) is 20.7. The summed E-state index contributed by atoms with van der Waals surface area (Å²) >= 11 is 0. The summed E-state index contributed by atoms with van der Waals surface area (Å²) in [4.78, 5) is 12.5. The molecule has 0 radical (unpaired) electrons. The molecule has 2 rings (SSSR count). The molecular formula is C20H26N2O5S. The number of amides is 1. The van der Waals surface area contributed by atoms with Crippen molar-refractivity contribution >= 4 is 21.6 Å². The van der Waals surface area contributed by atoms with Crippen LogP contribution in [-0.4, -0.2) is 40.8 Å². The highest BCUT2D eigenvalue weighted by Crippen LogP contribution is 2.29. The van der Waals surface area contributed by atoms with Crippen LogP contribution in [0.15, 0.2) is 48.5 Å². The van der Waals surface area contributed by atoms with E-state index in [0.29, 0.717) is 18.0 Å². The van der Waals surface area contributed by atoms with Gasteiger partial charge in [0.25, 0.3) is 0 Å². The summed E-state index contributed by atoms with van der Waals surface area (Å²) in [5.41, 5.74) is 1.20. The standard InChI is InChI=1S/C20H26N2O5S/c1-5-27-17-12-10-16(11-13-17)15(2)21-20(23)14-22(28(4,24)25)18-8-6-7-9-19(18)26-3/h6-13,15H,5,14H2,1-4H3,(H,21,23). The van der Waals surface area contributed by atoms with E-state index in [4.69, 9.17) is 9.47 Å². The molecule has 0 aliphatic carbocycles. The van der Waals surface area contributed by atoms with Crippen molar-refractivity contribution in [2.24, 2.45) is 0 Å². The van der Waals surface area contributed by atoms with Gasteiger partial charge in [0.15, 0.2) is 0 Å². The highest BCUT2D eigenvalue weighted by atomic mass is 32.2. The van der Waals surface area contributed by atoms with Crippen LogP contribution in [0.5, 0.6) is 11.5 Å². The Kier molecular flexibility index (Phi) is 7.28. The second kappa shape index (κ2) is 9.45. The van der Waals surface area contributed by atoms with Gasteiger partial charge in [0.2, 0.25) is 15.9 Å². The zero-order valence-electron chi connectivity index (χ0n) is 16.5. The van der Waals surface area contributed by atoms with Crippen LogP contribution in [0, 0.1) is 0 Å². The second-order valence-electron chi connectivity index (χ2n) is 6.23. The van der Waals surface area contributed by atoms with E-state index in [-0.39, 0.29) is 12.6 Å². The molecule has 1 unspecified atom stereocenters. The molecule has 2 aromatic carbocycles. The highest BCUT2D eigenvalue weighted by molar-refractivity contribution is 7.92. The van der Waals surface area contributed by atoms with Crippen molar-refractivity contribution in [1.82, 2.24) is 5.32 Å². The van der Waals surface area contributed by atoms with Gasteiger partial charge in [0.1, 0.15) is 18.0 Å². The molecule has 0 aromatic heterocycles. The smallest absolute Gasteiger partial charge is 0.241 e. The fraction of sp³-hybridized carbons (Fsp3) is 0.350. The molecule has 0 spiro atoms. The highest BCUT2D eigenvalue weighted by Gasteiger charge is 2.24. The van der Waals surface area contributed by atoms with Crippen LogP contribution in [0.3, 0.4) is 0 Å². The van der Waals surface area contributed by atoms with Crippen LogP contribution in [0.1, 0.15) is 25.5 Å². The third-order valence-electron chi connectivity index (χ3n) is 4.11. The van der Waals surface area contributed by atoms with E-state index in [2.05, 4.69) is 5.32 Å². The number of hydrogen-bond acceptors (Lipinski definition) is 5. The first-order valence-electron chi connectivity index (χ1n) is 8.89. The first-order valence-corrected chi connectivity index (χ1v) is 10.7. The molecule has 1 amide bonds. The van der Waals surface area contributed by atoms with E-state index in [9.17, 15) is 13.2 Å². The van der Waals surface area contributed by atoms with Crippen LogP contribution in [0.2, 0.25) is 0 Å². The third-order valence-corrected chi connectivity index (χ3v) is 5.24. The van der Waals surface area contributed by atoms with Crippen molar-refractivity contribution in [3.05, 3.63) is 54.1 Å². The summed E-state index contributed by atoms with van der Waals surface area (Å²) in [6, 6.07) is 13.8. The molecular weight excluding hydrogens is 380 g/mol. The number of para-hydroxylation sites is 2. The molecule has 8 heteroatoms. The fourth-order valence-corrected chi connectivity index (χ4v) is 3.60. The molecule has 7 nitrogen and oxygen atoms in total. The predicted molar refractivity (Wildman–Crippen MR) is 109 cm³/mol. The number of carbonyl (C=O) groups excluding carboxylic acids is 1. The van der Waals surface area contributed by atoms with Crippen molar-refractivity contribution in [3.8, 4) is 11.5 Å². The minimum absolute atomic E-state index is 0.290. The Labute approximate surface area is 166 Å². The first kappa shape index (κ1) is 21.6. The number of nitrogens with zero attached hydrogens (tertiary/aromatic N) is 1. The molecule has 0 bridgehead atoms. The van der Waals surface area contributed by atoms with Gasteiger partial charge in [-0.15, -0.1) is 0 Å². The van der Waals surface area contributed by atoms with E-state index in [1.807, 2.05) is 38.1 Å². The zero-order valence-corrected chi connectivity index (χ0v) is 17.3. The maximum atomic E-state index is 12.5. The van der Waals surface area contributed by atoms with E-state index in [0.717, 1.165) is 21.9 Å². The molecule has 0 fully saturated rings. The van der Waals surface area contributed by atoms with Gasteiger partial charge in [0.05, 0.1) is 31.7 Å². The van der Waals surface area contributed by atoms with Crippen molar-refractivity contribution < 1.29 is 22.7 Å². The number of sulfonamides is 1. The molecule has 1 N–H and O–H groups in total. The number of carbonyl (C=O) groups is 1. The number of ether oxygens (including phenoxy) is 2. The normalized spacial score (nSPS) is 12.1. The Morgan fingerprint density at radius 3 is 2.36 bits per heavy atom. The Hall–Kier alpha value is -2.74. The van der Waals surface area contributed by atoms with Crippen molar-refractivity contribution in [1.29, 1.82) is 0 Å². The van der Waals surface area contributed by atoms with E-state index < -0.39 is 15.9 Å². The molecule has 0 aliphatic heterocycles. The molecule has 0 saturated carbocycles. The Balaban J connectivity index is 2.13. The average molecular weight is 407 g/mol. The quantitative estimate of drug-likeness (QED) is 0.692. The predicted octanol–water partition coefficient (Wildman–Crippen LogP) is 2.74. The first-order chi connectivity index (χ1) is 13.3. The van der Waals surface area contributed by atoms with Gasteiger partial charge in [-0.05, 0) is 43.7 Å². The lowest BCUT2D eigenvalue weighted by Gasteiger charge is -2.24. The van der Waals surface area contributed by atoms with Gasteiger partial charge >= 0.3 is 0 Å². The summed E-state index contributed by atoms with van der Waals surface area (Å²) < 4.78 is 36.2. The van der Waals surface area contributed by atoms with Crippen LogP contribution in [0.25, 0.3) is 0 Å². The molecule has 0 saturated heterocycles. The minimum Gasteiger partial charge on any atom is -0.495 e. The van der Waals surface area contributed by atoms with E-state index in [1.54, 1.807) is 24.3 Å². The Bertz CT molecular complexity index is 897. The fourth-order valence-electron chi connectivity index (χ4n) is 2.74. The van der Waals surface area contributed by atoms with Crippen LogP contribution >= 0.6 is 0 Å². The van der Waals surface area contributed by atoms with Gasteiger partial charge in [-0.3, -0.25) is 9.10 Å². The molecule has 0 aliphatic rings. The van der Waals surface area contributed by atoms with Gasteiger partial charge in [0, 0.05) is 0 Å². The molecule has 0 heterocycles. The monoisotopic (exact) mass is 406 g/mol. The number of methoxy groups -OCH3 is 1. The lowest BCUT2D eigenvalue weighted by Crippen LogP contribution is -2.41. The maximum absolute atomic E-state index is 12.5. The number of benzene rings is 2.